The zero-order chi connectivity index (χ0) is 16.3. The number of carboxylic acid groups (broad SMARTS) is 1. The third-order valence-electron chi connectivity index (χ3n) is 3.63. The SMILES string of the molecule is CC1CN(C(C(=O)O)c2ccc(OC(C)C)c(Cl)c2)CCN1. The number of benzene rings is 1. The monoisotopic (exact) mass is 326 g/mol. The summed E-state index contributed by atoms with van der Waals surface area (Å²) in [6.45, 7) is 8.08. The van der Waals surface area contributed by atoms with E-state index in [2.05, 4.69) is 12.2 Å². The fourth-order valence-electron chi connectivity index (χ4n) is 2.74. The minimum Gasteiger partial charge on any atom is -0.489 e. The van der Waals surface area contributed by atoms with Crippen molar-refractivity contribution < 1.29 is 14.6 Å². The molecule has 5 nitrogen and oxygen atoms in total. The van der Waals surface area contributed by atoms with Gasteiger partial charge in [0.2, 0.25) is 0 Å². The lowest BCUT2D eigenvalue weighted by Gasteiger charge is -2.36. The number of carbonyl (C=O) groups is 1. The maximum Gasteiger partial charge on any atom is 0.325 e. The van der Waals surface area contributed by atoms with Crippen LogP contribution in [-0.2, 0) is 4.79 Å². The van der Waals surface area contributed by atoms with E-state index in [1.165, 1.54) is 0 Å². The summed E-state index contributed by atoms with van der Waals surface area (Å²) < 4.78 is 5.60. The molecule has 1 heterocycles. The van der Waals surface area contributed by atoms with E-state index in [4.69, 9.17) is 16.3 Å². The predicted molar refractivity (Wildman–Crippen MR) is 86.6 cm³/mol. The van der Waals surface area contributed by atoms with Crippen LogP contribution in [0.15, 0.2) is 18.2 Å². The van der Waals surface area contributed by atoms with Crippen molar-refractivity contribution in [2.24, 2.45) is 0 Å². The van der Waals surface area contributed by atoms with Crippen molar-refractivity contribution in [3.05, 3.63) is 28.8 Å². The van der Waals surface area contributed by atoms with Gasteiger partial charge in [-0.05, 0) is 38.5 Å². The molecule has 122 valence electrons. The molecule has 0 saturated carbocycles. The van der Waals surface area contributed by atoms with E-state index in [0.29, 0.717) is 29.4 Å². The average molecular weight is 327 g/mol. The smallest absolute Gasteiger partial charge is 0.325 e. The Bertz CT molecular complexity index is 536. The first-order chi connectivity index (χ1) is 10.4. The lowest BCUT2D eigenvalue weighted by Crippen LogP contribution is -2.51. The van der Waals surface area contributed by atoms with Gasteiger partial charge >= 0.3 is 5.97 Å². The highest BCUT2D eigenvalue weighted by atomic mass is 35.5. The van der Waals surface area contributed by atoms with Crippen molar-refractivity contribution in [1.29, 1.82) is 0 Å². The lowest BCUT2D eigenvalue weighted by molar-refractivity contribution is -0.144. The third-order valence-corrected chi connectivity index (χ3v) is 3.93. The molecule has 6 heteroatoms. The number of nitrogens with one attached hydrogen (secondary N) is 1. The zero-order valence-electron chi connectivity index (χ0n) is 13.2. The highest BCUT2D eigenvalue weighted by molar-refractivity contribution is 6.32. The molecule has 0 bridgehead atoms. The van der Waals surface area contributed by atoms with Gasteiger partial charge in [-0.1, -0.05) is 17.7 Å². The van der Waals surface area contributed by atoms with Gasteiger partial charge in [0.15, 0.2) is 0 Å². The van der Waals surface area contributed by atoms with Crippen LogP contribution in [0.4, 0.5) is 0 Å². The Balaban J connectivity index is 2.25. The van der Waals surface area contributed by atoms with Gasteiger partial charge in [-0.25, -0.2) is 0 Å². The Hall–Kier alpha value is -1.30. The molecule has 1 saturated heterocycles. The molecule has 0 amide bonds. The summed E-state index contributed by atoms with van der Waals surface area (Å²) in [5.74, 6) is -0.277. The van der Waals surface area contributed by atoms with Crippen LogP contribution in [-0.4, -0.2) is 47.8 Å². The summed E-state index contributed by atoms with van der Waals surface area (Å²) >= 11 is 6.24. The highest BCUT2D eigenvalue weighted by Gasteiger charge is 2.30. The molecule has 2 rings (SSSR count). The van der Waals surface area contributed by atoms with Gasteiger partial charge in [-0.2, -0.15) is 0 Å². The van der Waals surface area contributed by atoms with E-state index < -0.39 is 12.0 Å². The van der Waals surface area contributed by atoms with Crippen LogP contribution in [0.3, 0.4) is 0 Å². The highest BCUT2D eigenvalue weighted by Crippen LogP contribution is 2.31. The molecular weight excluding hydrogens is 304 g/mol. The Labute approximate surface area is 136 Å². The Kier molecular flexibility index (Phi) is 5.67. The minimum atomic E-state index is -0.859. The molecular formula is C16H23ClN2O3. The number of halogens is 1. The second-order valence-corrected chi connectivity index (χ2v) is 6.35. The van der Waals surface area contributed by atoms with Gasteiger partial charge in [0.1, 0.15) is 11.8 Å². The first-order valence-corrected chi connectivity index (χ1v) is 7.92. The second-order valence-electron chi connectivity index (χ2n) is 5.95. The van der Waals surface area contributed by atoms with Crippen molar-refractivity contribution in [3.63, 3.8) is 0 Å². The number of carboxylic acids is 1. The number of aliphatic carboxylic acids is 1. The van der Waals surface area contributed by atoms with E-state index in [-0.39, 0.29) is 12.1 Å². The minimum absolute atomic E-state index is 0.0210. The number of piperazine rings is 1. The third kappa shape index (κ3) is 4.12. The molecule has 2 unspecified atom stereocenters. The number of ether oxygens (including phenoxy) is 1. The van der Waals surface area contributed by atoms with Crippen molar-refractivity contribution >= 4 is 17.6 Å². The van der Waals surface area contributed by atoms with E-state index in [0.717, 1.165) is 6.54 Å². The first kappa shape index (κ1) is 17.1. The van der Waals surface area contributed by atoms with E-state index in [9.17, 15) is 9.90 Å². The van der Waals surface area contributed by atoms with E-state index in [1.807, 2.05) is 18.7 Å². The summed E-state index contributed by atoms with van der Waals surface area (Å²) in [4.78, 5) is 13.7. The van der Waals surface area contributed by atoms with Crippen molar-refractivity contribution in [2.45, 2.75) is 39.0 Å². The molecule has 2 atom stereocenters. The van der Waals surface area contributed by atoms with Gasteiger partial charge in [0.25, 0.3) is 0 Å². The second kappa shape index (κ2) is 7.31. The van der Waals surface area contributed by atoms with Gasteiger partial charge in [0.05, 0.1) is 11.1 Å². The van der Waals surface area contributed by atoms with Gasteiger partial charge < -0.3 is 15.2 Å². The summed E-state index contributed by atoms with van der Waals surface area (Å²) in [5.41, 5.74) is 0.683. The van der Waals surface area contributed by atoms with Gasteiger partial charge in [-0.15, -0.1) is 0 Å². The largest absolute Gasteiger partial charge is 0.489 e. The molecule has 0 aromatic heterocycles. The fraction of sp³-hybridized carbons (Fsp3) is 0.562. The molecule has 22 heavy (non-hydrogen) atoms. The van der Waals surface area contributed by atoms with Crippen LogP contribution in [0.1, 0.15) is 32.4 Å². The lowest BCUT2D eigenvalue weighted by atomic mass is 10.0. The molecule has 2 N–H and O–H groups in total. The number of nitrogens with zero attached hydrogens (tertiary/aromatic N) is 1. The van der Waals surface area contributed by atoms with E-state index in [1.54, 1.807) is 18.2 Å². The Morgan fingerprint density at radius 3 is 2.77 bits per heavy atom. The van der Waals surface area contributed by atoms with Crippen molar-refractivity contribution in [3.8, 4) is 5.75 Å². The number of hydrogen-bond acceptors (Lipinski definition) is 4. The summed E-state index contributed by atoms with van der Waals surface area (Å²) in [6.07, 6.45) is 0.0210. The van der Waals surface area contributed by atoms with E-state index >= 15 is 0 Å². The molecule has 1 fully saturated rings. The standard InChI is InChI=1S/C16H23ClN2O3/c1-10(2)22-14-5-4-12(8-13(14)17)15(16(20)21)19-7-6-18-11(3)9-19/h4-5,8,10-11,15,18H,6-7,9H2,1-3H3,(H,20,21). The maximum atomic E-state index is 11.7. The Morgan fingerprint density at radius 1 is 1.50 bits per heavy atom. The van der Waals surface area contributed by atoms with Gasteiger partial charge in [0, 0.05) is 25.7 Å². The van der Waals surface area contributed by atoms with Gasteiger partial charge in [-0.3, -0.25) is 9.69 Å². The number of rotatable bonds is 5. The maximum absolute atomic E-state index is 11.7. The van der Waals surface area contributed by atoms with Crippen molar-refractivity contribution in [1.82, 2.24) is 10.2 Å². The molecule has 1 aromatic rings. The normalized spacial score (nSPS) is 20.9. The van der Waals surface area contributed by atoms with Crippen LogP contribution >= 0.6 is 11.6 Å². The van der Waals surface area contributed by atoms with Crippen LogP contribution in [0.25, 0.3) is 0 Å². The fourth-order valence-corrected chi connectivity index (χ4v) is 2.98. The van der Waals surface area contributed by atoms with Crippen LogP contribution < -0.4 is 10.1 Å². The molecule has 1 aromatic carbocycles. The Morgan fingerprint density at radius 2 is 2.23 bits per heavy atom. The molecule has 0 aliphatic carbocycles. The van der Waals surface area contributed by atoms with Crippen LogP contribution in [0.2, 0.25) is 5.02 Å². The average Bonchev–Trinajstić information content (AvgIpc) is 2.41. The summed E-state index contributed by atoms with van der Waals surface area (Å²) in [7, 11) is 0. The molecule has 0 spiro atoms. The topological polar surface area (TPSA) is 61.8 Å². The molecule has 1 aliphatic rings. The summed E-state index contributed by atoms with van der Waals surface area (Å²) in [6, 6.07) is 4.82. The first-order valence-electron chi connectivity index (χ1n) is 7.55. The van der Waals surface area contributed by atoms with Crippen LogP contribution in [0, 0.1) is 0 Å². The molecule has 1 aliphatic heterocycles. The summed E-state index contributed by atoms with van der Waals surface area (Å²) in [5, 5.41) is 13.4. The van der Waals surface area contributed by atoms with Crippen molar-refractivity contribution in [2.75, 3.05) is 19.6 Å². The predicted octanol–water partition coefficient (Wildman–Crippen LogP) is 2.55. The molecule has 0 radical (unpaired) electrons. The van der Waals surface area contributed by atoms with Crippen LogP contribution in [0.5, 0.6) is 5.75 Å². The zero-order valence-corrected chi connectivity index (χ0v) is 13.9. The number of hydrogen-bond donors (Lipinski definition) is 2. The quantitative estimate of drug-likeness (QED) is 0.870.